The van der Waals surface area contributed by atoms with Crippen LogP contribution in [0.15, 0.2) is 40.8 Å². The number of hydrogen-bond donors (Lipinski definition) is 2. The number of fused-ring (bicyclic) bond motifs is 1. The minimum Gasteiger partial charge on any atom is -0.447 e. The van der Waals surface area contributed by atoms with Gasteiger partial charge in [-0.05, 0) is 31.2 Å². The predicted octanol–water partition coefficient (Wildman–Crippen LogP) is 2.56. The molecule has 2 aromatic heterocycles. The number of aromatic nitrogens is 1. The number of urea groups is 1. The minimum atomic E-state index is -1.16. The number of ether oxygens (including phenoxy) is 1. The van der Waals surface area contributed by atoms with E-state index in [4.69, 9.17) is 9.15 Å². The second kappa shape index (κ2) is 7.36. The summed E-state index contributed by atoms with van der Waals surface area (Å²) in [7, 11) is 1.37. The molecular formula is C17H15N3O5S. The first kappa shape index (κ1) is 17.6. The monoisotopic (exact) mass is 373 g/mol. The van der Waals surface area contributed by atoms with Gasteiger partial charge >= 0.3 is 12.0 Å². The second-order valence-electron chi connectivity index (χ2n) is 5.27. The molecule has 3 amide bonds. The largest absolute Gasteiger partial charge is 0.447 e. The Morgan fingerprint density at radius 2 is 1.96 bits per heavy atom. The lowest BCUT2D eigenvalue weighted by Gasteiger charge is -2.11. The van der Waals surface area contributed by atoms with E-state index in [1.807, 2.05) is 29.6 Å². The number of para-hydroxylation sites is 1. The summed E-state index contributed by atoms with van der Waals surface area (Å²) in [6.07, 6.45) is -1.16. The van der Waals surface area contributed by atoms with Gasteiger partial charge in [-0.2, -0.15) is 0 Å². The van der Waals surface area contributed by atoms with Crippen molar-refractivity contribution in [2.24, 2.45) is 0 Å². The first-order valence-corrected chi connectivity index (χ1v) is 8.49. The minimum absolute atomic E-state index is 0.0566. The molecule has 0 unspecified atom stereocenters. The molecule has 0 aliphatic heterocycles. The van der Waals surface area contributed by atoms with E-state index in [1.165, 1.54) is 31.4 Å². The standard InChI is InChI=1S/C17H15N3O5S/c1-9(14(21)20-17(23)18-2)24-16(22)12-8-7-11(25-12)15-19-10-5-3-4-6-13(10)26-15/h3-9H,1-2H3,(H2,18,20,21,23)/t9-/m0/s1. The number of esters is 1. The Balaban J connectivity index is 1.69. The first-order chi connectivity index (χ1) is 12.5. The van der Waals surface area contributed by atoms with Gasteiger partial charge in [0.1, 0.15) is 0 Å². The van der Waals surface area contributed by atoms with Crippen molar-refractivity contribution in [3.63, 3.8) is 0 Å². The number of thiazole rings is 1. The van der Waals surface area contributed by atoms with E-state index < -0.39 is 24.0 Å². The molecule has 1 atom stereocenters. The Bertz CT molecular complexity index is 945. The summed E-state index contributed by atoms with van der Waals surface area (Å²) < 4.78 is 11.5. The lowest BCUT2D eigenvalue weighted by Crippen LogP contribution is -2.43. The number of imide groups is 1. The summed E-state index contributed by atoms with van der Waals surface area (Å²) in [6, 6.07) is 10.0. The van der Waals surface area contributed by atoms with Crippen LogP contribution >= 0.6 is 11.3 Å². The smallest absolute Gasteiger partial charge is 0.375 e. The molecule has 9 heteroatoms. The number of benzene rings is 1. The number of hydrogen-bond acceptors (Lipinski definition) is 7. The Morgan fingerprint density at radius 3 is 2.69 bits per heavy atom. The van der Waals surface area contributed by atoms with Crippen LogP contribution in [0.1, 0.15) is 17.5 Å². The van der Waals surface area contributed by atoms with Crippen LogP contribution in [0.2, 0.25) is 0 Å². The summed E-state index contributed by atoms with van der Waals surface area (Å²) >= 11 is 1.44. The summed E-state index contributed by atoms with van der Waals surface area (Å²) in [6.45, 7) is 1.35. The lowest BCUT2D eigenvalue weighted by atomic mass is 10.3. The molecule has 134 valence electrons. The summed E-state index contributed by atoms with van der Waals surface area (Å²) in [4.78, 5) is 39.4. The highest BCUT2D eigenvalue weighted by atomic mass is 32.1. The molecule has 0 fully saturated rings. The van der Waals surface area contributed by atoms with Crippen molar-refractivity contribution in [2.75, 3.05) is 7.05 Å². The number of rotatable bonds is 4. The van der Waals surface area contributed by atoms with Gasteiger partial charge in [-0.25, -0.2) is 14.6 Å². The molecule has 3 aromatic rings. The van der Waals surface area contributed by atoms with Crippen LogP contribution in [0.3, 0.4) is 0 Å². The molecule has 2 N–H and O–H groups in total. The van der Waals surface area contributed by atoms with Crippen molar-refractivity contribution < 1.29 is 23.5 Å². The summed E-state index contributed by atoms with van der Waals surface area (Å²) in [5.41, 5.74) is 0.840. The number of amides is 3. The molecule has 1 aromatic carbocycles. The van der Waals surface area contributed by atoms with Gasteiger partial charge in [0.2, 0.25) is 5.76 Å². The highest BCUT2D eigenvalue weighted by Crippen LogP contribution is 2.31. The van der Waals surface area contributed by atoms with Crippen LogP contribution in [0.25, 0.3) is 21.0 Å². The second-order valence-corrected chi connectivity index (χ2v) is 6.30. The number of carbonyl (C=O) groups excluding carboxylic acids is 3. The molecule has 0 aliphatic rings. The average Bonchev–Trinajstić information content (AvgIpc) is 3.27. The molecule has 26 heavy (non-hydrogen) atoms. The third-order valence-corrected chi connectivity index (χ3v) is 4.48. The highest BCUT2D eigenvalue weighted by molar-refractivity contribution is 7.21. The van der Waals surface area contributed by atoms with Crippen molar-refractivity contribution in [2.45, 2.75) is 13.0 Å². The van der Waals surface area contributed by atoms with E-state index >= 15 is 0 Å². The predicted molar refractivity (Wildman–Crippen MR) is 94.8 cm³/mol. The number of furan rings is 1. The van der Waals surface area contributed by atoms with Gasteiger partial charge in [0.15, 0.2) is 16.9 Å². The van der Waals surface area contributed by atoms with E-state index in [1.54, 1.807) is 6.07 Å². The molecule has 8 nitrogen and oxygen atoms in total. The maximum Gasteiger partial charge on any atom is 0.375 e. The van der Waals surface area contributed by atoms with E-state index in [0.29, 0.717) is 10.8 Å². The molecule has 0 spiro atoms. The van der Waals surface area contributed by atoms with Gasteiger partial charge in [-0.1, -0.05) is 12.1 Å². The van der Waals surface area contributed by atoms with Crippen LogP contribution in [0.4, 0.5) is 4.79 Å². The van der Waals surface area contributed by atoms with Crippen LogP contribution in [-0.2, 0) is 9.53 Å². The zero-order valence-corrected chi connectivity index (χ0v) is 14.8. The van der Waals surface area contributed by atoms with Gasteiger partial charge in [0, 0.05) is 7.05 Å². The fourth-order valence-corrected chi connectivity index (χ4v) is 3.02. The quantitative estimate of drug-likeness (QED) is 0.680. The number of nitrogens with zero attached hydrogens (tertiary/aromatic N) is 1. The van der Waals surface area contributed by atoms with E-state index in [-0.39, 0.29) is 5.76 Å². The average molecular weight is 373 g/mol. The lowest BCUT2D eigenvalue weighted by molar-refractivity contribution is -0.128. The van der Waals surface area contributed by atoms with E-state index in [0.717, 1.165) is 10.2 Å². The zero-order valence-electron chi connectivity index (χ0n) is 13.9. The first-order valence-electron chi connectivity index (χ1n) is 7.67. The molecule has 0 saturated carbocycles. The van der Waals surface area contributed by atoms with Crippen molar-refractivity contribution >= 4 is 39.5 Å². The fourth-order valence-electron chi connectivity index (χ4n) is 2.09. The molecule has 2 heterocycles. The van der Waals surface area contributed by atoms with E-state index in [9.17, 15) is 14.4 Å². The maximum absolute atomic E-state index is 12.1. The third-order valence-electron chi connectivity index (χ3n) is 3.43. The van der Waals surface area contributed by atoms with Crippen LogP contribution in [0.5, 0.6) is 0 Å². The number of nitrogens with one attached hydrogen (secondary N) is 2. The maximum atomic E-state index is 12.1. The normalized spacial score (nSPS) is 11.8. The molecule has 0 bridgehead atoms. The zero-order chi connectivity index (χ0) is 18.7. The molecule has 0 aliphatic carbocycles. The number of carbonyl (C=O) groups is 3. The van der Waals surface area contributed by atoms with Gasteiger partial charge in [0.25, 0.3) is 5.91 Å². The molecular weight excluding hydrogens is 358 g/mol. The van der Waals surface area contributed by atoms with E-state index in [2.05, 4.69) is 10.3 Å². The third kappa shape index (κ3) is 3.72. The van der Waals surface area contributed by atoms with Crippen molar-refractivity contribution in [1.29, 1.82) is 0 Å². The highest BCUT2D eigenvalue weighted by Gasteiger charge is 2.23. The van der Waals surface area contributed by atoms with Crippen LogP contribution in [-0.4, -0.2) is 36.0 Å². The van der Waals surface area contributed by atoms with Gasteiger partial charge in [-0.3, -0.25) is 10.1 Å². The van der Waals surface area contributed by atoms with Crippen molar-refractivity contribution in [3.05, 3.63) is 42.2 Å². The Kier molecular flexibility index (Phi) is 4.99. The van der Waals surface area contributed by atoms with Crippen molar-refractivity contribution in [3.8, 4) is 10.8 Å². The Labute approximate surface area is 152 Å². The van der Waals surface area contributed by atoms with Crippen LogP contribution < -0.4 is 10.6 Å². The SMILES string of the molecule is CNC(=O)NC(=O)[C@H](C)OC(=O)c1ccc(-c2nc3ccccc3s2)o1. The molecule has 3 rings (SSSR count). The summed E-state index contributed by atoms with van der Waals surface area (Å²) in [5.74, 6) is -1.17. The van der Waals surface area contributed by atoms with Gasteiger partial charge < -0.3 is 14.5 Å². The van der Waals surface area contributed by atoms with Crippen LogP contribution in [0, 0.1) is 0 Å². The fraction of sp³-hybridized carbons (Fsp3) is 0.176. The van der Waals surface area contributed by atoms with Crippen molar-refractivity contribution in [1.82, 2.24) is 15.6 Å². The summed E-state index contributed by atoms with van der Waals surface area (Å²) in [5, 5.41) is 4.89. The Hall–Kier alpha value is -3.20. The topological polar surface area (TPSA) is 111 Å². The molecule has 0 radical (unpaired) electrons. The van der Waals surface area contributed by atoms with Gasteiger partial charge in [-0.15, -0.1) is 11.3 Å². The van der Waals surface area contributed by atoms with Gasteiger partial charge in [0.05, 0.1) is 10.2 Å². The molecule has 0 saturated heterocycles. The Morgan fingerprint density at radius 1 is 1.19 bits per heavy atom.